The highest BCUT2D eigenvalue weighted by atomic mass is 16.4. The maximum absolute atomic E-state index is 13.1. The van der Waals surface area contributed by atoms with Crippen LogP contribution < -0.4 is 10.6 Å². The average Bonchev–Trinajstić information content (AvgIpc) is 3.01. The van der Waals surface area contributed by atoms with Crippen molar-refractivity contribution in [3.8, 4) is 0 Å². The number of amides is 2. The molecule has 4 rings (SSSR count). The molecule has 2 heterocycles. The van der Waals surface area contributed by atoms with Crippen molar-refractivity contribution in [3.63, 3.8) is 0 Å². The summed E-state index contributed by atoms with van der Waals surface area (Å²) in [4.78, 5) is 28.6. The van der Waals surface area contributed by atoms with Crippen molar-refractivity contribution in [3.05, 3.63) is 65.2 Å². The number of hydrogen-bond donors (Lipinski definition) is 3. The first-order valence-electron chi connectivity index (χ1n) is 10.7. The quantitative estimate of drug-likeness (QED) is 0.693. The van der Waals surface area contributed by atoms with E-state index in [4.69, 9.17) is 5.73 Å². The lowest BCUT2D eigenvalue weighted by atomic mass is 9.88. The highest BCUT2D eigenvalue weighted by molar-refractivity contribution is 6.02. The van der Waals surface area contributed by atoms with Gasteiger partial charge in [-0.15, -0.1) is 0 Å². The molecule has 31 heavy (non-hydrogen) atoms. The fourth-order valence-corrected chi connectivity index (χ4v) is 4.50. The summed E-state index contributed by atoms with van der Waals surface area (Å²) in [6.07, 6.45) is 0.307. The molecule has 4 N–H and O–H groups in total. The molecule has 2 unspecified atom stereocenters. The molecule has 164 valence electrons. The number of anilines is 1. The van der Waals surface area contributed by atoms with Crippen LogP contribution in [0.15, 0.2) is 48.5 Å². The van der Waals surface area contributed by atoms with E-state index in [1.807, 2.05) is 17.0 Å². The van der Waals surface area contributed by atoms with E-state index in [0.717, 1.165) is 18.4 Å². The standard InChI is InChI=1S/C24H29N3O4/c1-24(31)15-27(23(30)21(24)28)20-7-3-6-19(13-20)22(29)26-10-8-17(9-11-26)18-5-2-4-16(12-18)14-25/h2-7,12-13,17,21,28,31H,8-11,14-15,25H2,1H3. The van der Waals surface area contributed by atoms with Gasteiger partial charge in [0, 0.05) is 30.9 Å². The minimum absolute atomic E-state index is 0.0160. The summed E-state index contributed by atoms with van der Waals surface area (Å²) < 4.78 is 0. The third-order valence-electron chi connectivity index (χ3n) is 6.41. The number of carbonyl (C=O) groups excluding carboxylic acids is 2. The van der Waals surface area contributed by atoms with Gasteiger partial charge in [0.05, 0.1) is 6.54 Å². The molecular weight excluding hydrogens is 394 g/mol. The van der Waals surface area contributed by atoms with Gasteiger partial charge in [-0.25, -0.2) is 0 Å². The lowest BCUT2D eigenvalue weighted by Crippen LogP contribution is -2.39. The first-order valence-corrected chi connectivity index (χ1v) is 10.7. The maximum Gasteiger partial charge on any atom is 0.258 e. The zero-order chi connectivity index (χ0) is 22.2. The van der Waals surface area contributed by atoms with Gasteiger partial charge in [-0.3, -0.25) is 9.59 Å². The van der Waals surface area contributed by atoms with E-state index >= 15 is 0 Å². The van der Waals surface area contributed by atoms with Crippen molar-refractivity contribution < 1.29 is 19.8 Å². The van der Waals surface area contributed by atoms with E-state index in [1.165, 1.54) is 17.4 Å². The van der Waals surface area contributed by atoms with Gasteiger partial charge in [-0.1, -0.05) is 30.3 Å². The minimum atomic E-state index is -1.51. The maximum atomic E-state index is 13.1. The molecule has 2 atom stereocenters. The van der Waals surface area contributed by atoms with E-state index in [9.17, 15) is 19.8 Å². The van der Waals surface area contributed by atoms with Crippen LogP contribution in [0.25, 0.3) is 0 Å². The number of carbonyl (C=O) groups is 2. The average molecular weight is 424 g/mol. The molecule has 0 saturated carbocycles. The van der Waals surface area contributed by atoms with Crippen molar-refractivity contribution in [1.82, 2.24) is 4.90 Å². The summed E-state index contributed by atoms with van der Waals surface area (Å²) >= 11 is 0. The van der Waals surface area contributed by atoms with Crippen LogP contribution in [0.3, 0.4) is 0 Å². The summed E-state index contributed by atoms with van der Waals surface area (Å²) in [5.41, 5.74) is 7.63. The number of rotatable bonds is 4. The number of benzene rings is 2. The summed E-state index contributed by atoms with van der Waals surface area (Å²) in [5.74, 6) is -0.224. The molecule has 0 aromatic heterocycles. The van der Waals surface area contributed by atoms with Gasteiger partial charge in [0.2, 0.25) is 0 Å². The van der Waals surface area contributed by atoms with Crippen molar-refractivity contribution in [1.29, 1.82) is 0 Å². The second-order valence-corrected chi connectivity index (χ2v) is 8.75. The molecule has 2 saturated heterocycles. The van der Waals surface area contributed by atoms with E-state index in [2.05, 4.69) is 12.1 Å². The van der Waals surface area contributed by atoms with Crippen LogP contribution in [0, 0.1) is 0 Å². The molecule has 7 heteroatoms. The van der Waals surface area contributed by atoms with Crippen LogP contribution in [0.2, 0.25) is 0 Å². The van der Waals surface area contributed by atoms with Gasteiger partial charge in [0.15, 0.2) is 6.10 Å². The highest BCUT2D eigenvalue weighted by Crippen LogP contribution is 2.31. The summed E-state index contributed by atoms with van der Waals surface area (Å²) in [6.45, 7) is 3.26. The van der Waals surface area contributed by atoms with Gasteiger partial charge in [-0.2, -0.15) is 0 Å². The van der Waals surface area contributed by atoms with Crippen molar-refractivity contribution >= 4 is 17.5 Å². The lowest BCUT2D eigenvalue weighted by Gasteiger charge is -2.32. The number of aliphatic hydroxyl groups is 2. The minimum Gasteiger partial charge on any atom is -0.385 e. The third-order valence-corrected chi connectivity index (χ3v) is 6.41. The van der Waals surface area contributed by atoms with E-state index in [1.54, 1.807) is 24.3 Å². The number of nitrogens with zero attached hydrogens (tertiary/aromatic N) is 2. The Morgan fingerprint density at radius 3 is 2.52 bits per heavy atom. The second-order valence-electron chi connectivity index (χ2n) is 8.75. The number of hydrogen-bond acceptors (Lipinski definition) is 5. The van der Waals surface area contributed by atoms with Crippen LogP contribution in [0.5, 0.6) is 0 Å². The molecule has 7 nitrogen and oxygen atoms in total. The fourth-order valence-electron chi connectivity index (χ4n) is 4.50. The third kappa shape index (κ3) is 4.21. The fraction of sp³-hybridized carbons (Fsp3) is 0.417. The molecule has 2 amide bonds. The van der Waals surface area contributed by atoms with Crippen molar-refractivity contribution in [2.45, 2.75) is 43.9 Å². The first kappa shape index (κ1) is 21.5. The van der Waals surface area contributed by atoms with Crippen molar-refractivity contribution in [2.75, 3.05) is 24.5 Å². The molecule has 2 aliphatic rings. The molecule has 0 spiro atoms. The van der Waals surface area contributed by atoms with Crippen LogP contribution in [0.4, 0.5) is 5.69 Å². The highest BCUT2D eigenvalue weighted by Gasteiger charge is 2.47. The zero-order valence-electron chi connectivity index (χ0n) is 17.7. The Morgan fingerprint density at radius 1 is 1.16 bits per heavy atom. The van der Waals surface area contributed by atoms with Gasteiger partial charge >= 0.3 is 0 Å². The molecule has 0 aliphatic carbocycles. The molecule has 2 fully saturated rings. The topological polar surface area (TPSA) is 107 Å². The van der Waals surface area contributed by atoms with E-state index < -0.39 is 17.6 Å². The summed E-state index contributed by atoms with van der Waals surface area (Å²) in [7, 11) is 0. The number of aliphatic hydroxyl groups excluding tert-OH is 1. The van der Waals surface area contributed by atoms with Crippen LogP contribution in [-0.4, -0.2) is 58.3 Å². The Hall–Kier alpha value is -2.74. The molecular formula is C24H29N3O4. The van der Waals surface area contributed by atoms with Gasteiger partial charge in [-0.05, 0) is 55.0 Å². The predicted molar refractivity (Wildman–Crippen MR) is 118 cm³/mol. The van der Waals surface area contributed by atoms with Gasteiger partial charge < -0.3 is 25.7 Å². The number of nitrogens with two attached hydrogens (primary N) is 1. The Labute approximate surface area is 182 Å². The van der Waals surface area contributed by atoms with Crippen LogP contribution in [0.1, 0.15) is 47.2 Å². The SMILES string of the molecule is CC1(O)CN(c2cccc(C(=O)N3CCC(c4cccc(CN)c4)CC3)c2)C(=O)C1O. The van der Waals surface area contributed by atoms with Crippen molar-refractivity contribution in [2.24, 2.45) is 5.73 Å². The Morgan fingerprint density at radius 2 is 1.87 bits per heavy atom. The lowest BCUT2D eigenvalue weighted by molar-refractivity contribution is -0.130. The normalized spacial score (nSPS) is 24.6. The van der Waals surface area contributed by atoms with E-state index in [0.29, 0.717) is 36.8 Å². The monoisotopic (exact) mass is 423 g/mol. The van der Waals surface area contributed by atoms with Crippen LogP contribution >= 0.6 is 0 Å². The molecule has 0 radical (unpaired) electrons. The zero-order valence-corrected chi connectivity index (χ0v) is 17.7. The number of β-amino-alcohol motifs (C(OH)–C–C–N with tert-alkyl or cyclic N) is 1. The van der Waals surface area contributed by atoms with Gasteiger partial charge in [0.25, 0.3) is 11.8 Å². The molecule has 2 aliphatic heterocycles. The molecule has 0 bridgehead atoms. The Kier molecular flexibility index (Phi) is 5.83. The first-order chi connectivity index (χ1) is 14.8. The summed E-state index contributed by atoms with van der Waals surface area (Å²) in [6, 6.07) is 15.2. The number of likely N-dealkylation sites (tertiary alicyclic amines) is 1. The molecule has 2 aromatic rings. The summed E-state index contributed by atoms with van der Waals surface area (Å²) in [5, 5.41) is 20.2. The Balaban J connectivity index is 1.44. The Bertz CT molecular complexity index is 982. The van der Waals surface area contributed by atoms with Crippen LogP contribution in [-0.2, 0) is 11.3 Å². The predicted octanol–water partition coefficient (Wildman–Crippen LogP) is 1.62. The second kappa shape index (κ2) is 8.42. The number of piperidine rings is 1. The molecule has 2 aromatic carbocycles. The largest absolute Gasteiger partial charge is 0.385 e. The van der Waals surface area contributed by atoms with E-state index in [-0.39, 0.29) is 12.5 Å². The smallest absolute Gasteiger partial charge is 0.258 e. The van der Waals surface area contributed by atoms with Gasteiger partial charge in [0.1, 0.15) is 5.60 Å².